The molecule has 0 spiro atoms. The van der Waals surface area contributed by atoms with Crippen LogP contribution >= 0.6 is 0 Å². The number of hydrogen-bond acceptors (Lipinski definition) is 5. The monoisotopic (exact) mass is 484 g/mol. The van der Waals surface area contributed by atoms with Crippen LogP contribution in [-0.2, 0) is 19.6 Å². The van der Waals surface area contributed by atoms with Crippen LogP contribution in [0.15, 0.2) is 65.6 Å². The predicted octanol–water partition coefficient (Wildman–Crippen LogP) is 4.34. The molecule has 1 N–H and O–H groups in total. The smallest absolute Gasteiger partial charge is 0.338 e. The molecule has 7 nitrogen and oxygen atoms in total. The molecule has 34 heavy (non-hydrogen) atoms. The minimum atomic E-state index is -4.08. The molecule has 9 heteroatoms. The molecule has 1 atom stereocenters. The molecule has 0 aromatic heterocycles. The standard InChI is InChI=1S/C25H25FN2O5S/c1-17(24(29)27-22-11-7-9-18-8-3-4-10-20(18)22)33-25(30)19-12-13-21(26)23(16-19)34(31,32)28-14-5-2-6-15-28/h3-4,7-13,16-17H,2,5-6,14-15H2,1H3,(H,27,29). The molecule has 0 aliphatic carbocycles. The Morgan fingerprint density at radius 3 is 2.47 bits per heavy atom. The van der Waals surface area contributed by atoms with E-state index in [2.05, 4.69) is 5.32 Å². The van der Waals surface area contributed by atoms with Crippen LogP contribution in [-0.4, -0.2) is 43.8 Å². The molecule has 1 amide bonds. The maximum absolute atomic E-state index is 14.4. The molecular weight excluding hydrogens is 459 g/mol. The Morgan fingerprint density at radius 2 is 1.71 bits per heavy atom. The SMILES string of the molecule is CC(OC(=O)c1ccc(F)c(S(=O)(=O)N2CCCCC2)c1)C(=O)Nc1cccc2ccccc12. The van der Waals surface area contributed by atoms with Crippen LogP contribution in [0.4, 0.5) is 10.1 Å². The van der Waals surface area contributed by atoms with Crippen molar-refractivity contribution in [3.05, 3.63) is 72.0 Å². The number of fused-ring (bicyclic) bond motifs is 1. The summed E-state index contributed by atoms with van der Waals surface area (Å²) in [5, 5.41) is 4.53. The highest BCUT2D eigenvalue weighted by molar-refractivity contribution is 7.89. The summed E-state index contributed by atoms with van der Waals surface area (Å²) in [6.45, 7) is 2.02. The van der Waals surface area contributed by atoms with E-state index >= 15 is 0 Å². The Balaban J connectivity index is 1.49. The lowest BCUT2D eigenvalue weighted by Crippen LogP contribution is -2.36. The Labute approximate surface area is 197 Å². The number of carbonyl (C=O) groups is 2. The predicted molar refractivity (Wildman–Crippen MR) is 126 cm³/mol. The van der Waals surface area contributed by atoms with Gasteiger partial charge >= 0.3 is 5.97 Å². The van der Waals surface area contributed by atoms with Gasteiger partial charge in [0, 0.05) is 24.2 Å². The molecule has 3 aromatic carbocycles. The van der Waals surface area contributed by atoms with E-state index in [1.807, 2.05) is 30.3 Å². The van der Waals surface area contributed by atoms with Crippen LogP contribution in [0, 0.1) is 5.82 Å². The maximum Gasteiger partial charge on any atom is 0.338 e. The topological polar surface area (TPSA) is 92.8 Å². The number of hydrogen-bond donors (Lipinski definition) is 1. The average molecular weight is 485 g/mol. The minimum absolute atomic E-state index is 0.151. The number of nitrogens with zero attached hydrogens (tertiary/aromatic N) is 1. The fourth-order valence-electron chi connectivity index (χ4n) is 3.92. The highest BCUT2D eigenvalue weighted by atomic mass is 32.2. The van der Waals surface area contributed by atoms with Gasteiger partial charge in [0.05, 0.1) is 5.56 Å². The quantitative estimate of drug-likeness (QED) is 0.526. The van der Waals surface area contributed by atoms with Gasteiger partial charge in [0.15, 0.2) is 6.10 Å². The Morgan fingerprint density at radius 1 is 1.00 bits per heavy atom. The lowest BCUT2D eigenvalue weighted by Gasteiger charge is -2.26. The molecule has 1 aliphatic heterocycles. The van der Waals surface area contributed by atoms with E-state index in [0.717, 1.165) is 35.4 Å². The molecule has 1 fully saturated rings. The van der Waals surface area contributed by atoms with Gasteiger partial charge in [-0.1, -0.05) is 42.8 Å². The Kier molecular flexibility index (Phi) is 6.95. The van der Waals surface area contributed by atoms with Crippen molar-refractivity contribution in [2.45, 2.75) is 37.2 Å². The normalized spacial score (nSPS) is 15.6. The highest BCUT2D eigenvalue weighted by Crippen LogP contribution is 2.25. The Bertz CT molecular complexity index is 1330. The van der Waals surface area contributed by atoms with Gasteiger partial charge in [-0.3, -0.25) is 4.79 Å². The van der Waals surface area contributed by atoms with Gasteiger partial charge in [-0.15, -0.1) is 0 Å². The summed E-state index contributed by atoms with van der Waals surface area (Å²) >= 11 is 0. The fourth-order valence-corrected chi connectivity index (χ4v) is 5.53. The number of amides is 1. The molecule has 4 rings (SSSR count). The van der Waals surface area contributed by atoms with E-state index in [4.69, 9.17) is 4.74 Å². The van der Waals surface area contributed by atoms with Crippen LogP contribution in [0.5, 0.6) is 0 Å². The fraction of sp³-hybridized carbons (Fsp3) is 0.280. The summed E-state index contributed by atoms with van der Waals surface area (Å²) < 4.78 is 46.7. The van der Waals surface area contributed by atoms with Gasteiger partial charge < -0.3 is 10.1 Å². The number of nitrogens with one attached hydrogen (secondary N) is 1. The molecule has 1 saturated heterocycles. The first-order chi connectivity index (χ1) is 16.3. The van der Waals surface area contributed by atoms with Crippen LogP contribution in [0.1, 0.15) is 36.5 Å². The summed E-state index contributed by atoms with van der Waals surface area (Å²) in [6, 6.07) is 16.0. The van der Waals surface area contributed by atoms with Crippen LogP contribution in [0.2, 0.25) is 0 Å². The molecular formula is C25H25FN2O5S. The van der Waals surface area contributed by atoms with E-state index in [-0.39, 0.29) is 5.56 Å². The third-order valence-electron chi connectivity index (χ3n) is 5.80. The van der Waals surface area contributed by atoms with Crippen LogP contribution in [0.3, 0.4) is 0 Å². The average Bonchev–Trinajstić information content (AvgIpc) is 2.84. The zero-order valence-corrected chi connectivity index (χ0v) is 19.5. The van der Waals surface area contributed by atoms with Crippen molar-refractivity contribution >= 4 is 38.4 Å². The zero-order valence-electron chi connectivity index (χ0n) is 18.7. The van der Waals surface area contributed by atoms with E-state index in [0.29, 0.717) is 31.6 Å². The summed E-state index contributed by atoms with van der Waals surface area (Å²) in [7, 11) is -4.08. The molecule has 3 aromatic rings. The molecule has 1 aliphatic rings. The van der Waals surface area contributed by atoms with Crippen molar-refractivity contribution in [2.24, 2.45) is 0 Å². The van der Waals surface area contributed by atoms with E-state index in [1.54, 1.807) is 12.1 Å². The van der Waals surface area contributed by atoms with Crippen LogP contribution in [0.25, 0.3) is 10.8 Å². The van der Waals surface area contributed by atoms with Gasteiger partial charge in [0.2, 0.25) is 10.0 Å². The molecule has 1 heterocycles. The van der Waals surface area contributed by atoms with Crippen molar-refractivity contribution < 1.29 is 27.1 Å². The number of sulfonamides is 1. The van der Waals surface area contributed by atoms with Crippen molar-refractivity contribution in [1.82, 2.24) is 4.31 Å². The third kappa shape index (κ3) is 4.95. The highest BCUT2D eigenvalue weighted by Gasteiger charge is 2.30. The zero-order chi connectivity index (χ0) is 24.3. The van der Waals surface area contributed by atoms with Crippen LogP contribution < -0.4 is 5.32 Å². The van der Waals surface area contributed by atoms with Crippen molar-refractivity contribution in [3.8, 4) is 0 Å². The second kappa shape index (κ2) is 9.90. The van der Waals surface area contributed by atoms with E-state index in [9.17, 15) is 22.4 Å². The third-order valence-corrected chi connectivity index (χ3v) is 7.71. The van der Waals surface area contributed by atoms with Gasteiger partial charge in [-0.05, 0) is 49.4 Å². The first-order valence-corrected chi connectivity index (χ1v) is 12.5. The van der Waals surface area contributed by atoms with Gasteiger partial charge in [0.25, 0.3) is 5.91 Å². The summed E-state index contributed by atoms with van der Waals surface area (Å²) in [5.74, 6) is -2.41. The maximum atomic E-state index is 14.4. The molecule has 1 unspecified atom stereocenters. The lowest BCUT2D eigenvalue weighted by molar-refractivity contribution is -0.123. The summed E-state index contributed by atoms with van der Waals surface area (Å²) in [6.07, 6.45) is 1.15. The second-order valence-corrected chi connectivity index (χ2v) is 10.1. The number of benzene rings is 3. The molecule has 0 bridgehead atoms. The number of anilines is 1. The van der Waals surface area contributed by atoms with Gasteiger partial charge in [-0.25, -0.2) is 17.6 Å². The van der Waals surface area contributed by atoms with Crippen molar-refractivity contribution in [2.75, 3.05) is 18.4 Å². The minimum Gasteiger partial charge on any atom is -0.449 e. The number of esters is 1. The first kappa shape index (κ1) is 23.8. The lowest BCUT2D eigenvalue weighted by atomic mass is 10.1. The van der Waals surface area contributed by atoms with Crippen molar-refractivity contribution in [3.63, 3.8) is 0 Å². The molecule has 0 saturated carbocycles. The first-order valence-electron chi connectivity index (χ1n) is 11.1. The number of rotatable bonds is 6. The Hall–Kier alpha value is -3.30. The number of carbonyl (C=O) groups excluding carboxylic acids is 2. The van der Waals surface area contributed by atoms with E-state index < -0.39 is 38.7 Å². The molecule has 178 valence electrons. The van der Waals surface area contributed by atoms with Crippen molar-refractivity contribution in [1.29, 1.82) is 0 Å². The van der Waals surface area contributed by atoms with Gasteiger partial charge in [-0.2, -0.15) is 4.31 Å². The van der Waals surface area contributed by atoms with E-state index in [1.165, 1.54) is 11.2 Å². The largest absolute Gasteiger partial charge is 0.449 e. The van der Waals surface area contributed by atoms with Gasteiger partial charge in [0.1, 0.15) is 10.7 Å². The summed E-state index contributed by atoms with van der Waals surface area (Å²) in [5.41, 5.74) is 0.421. The summed E-state index contributed by atoms with van der Waals surface area (Å²) in [4.78, 5) is 24.7. The number of piperidine rings is 1. The number of halogens is 1. The second-order valence-electron chi connectivity index (χ2n) is 8.17. The number of ether oxygens (including phenoxy) is 1. The molecule has 0 radical (unpaired) electrons.